The zero-order valence-corrected chi connectivity index (χ0v) is 11.7. The maximum absolute atomic E-state index is 11.6. The number of hydrogen-bond acceptors (Lipinski definition) is 4. The Labute approximate surface area is 113 Å². The Morgan fingerprint density at radius 2 is 2.16 bits per heavy atom. The van der Waals surface area contributed by atoms with E-state index in [1.54, 1.807) is 4.68 Å². The van der Waals surface area contributed by atoms with Crippen LogP contribution in [-0.2, 0) is 11.3 Å². The third kappa shape index (κ3) is 2.77. The summed E-state index contributed by atoms with van der Waals surface area (Å²) in [6, 6.07) is 0. The molecule has 0 amide bonds. The lowest BCUT2D eigenvalue weighted by Gasteiger charge is -2.24. The van der Waals surface area contributed by atoms with Gasteiger partial charge in [0.2, 0.25) is 0 Å². The number of hydrogen-bond donors (Lipinski definition) is 1. The standard InChI is InChI=1S/C13H22N4O2/c1-3-6-10(2)11-14-15-16-17(11)9-13(12(18)19)7-4-5-8-13/h10H,3-9H2,1-2H3,(H,18,19). The first kappa shape index (κ1) is 14.0. The van der Waals surface area contributed by atoms with E-state index in [9.17, 15) is 9.90 Å². The van der Waals surface area contributed by atoms with E-state index in [-0.39, 0.29) is 5.92 Å². The smallest absolute Gasteiger partial charge is 0.311 e. The molecule has 1 fully saturated rings. The first-order valence-electron chi connectivity index (χ1n) is 7.08. The van der Waals surface area contributed by atoms with Crippen LogP contribution < -0.4 is 0 Å². The maximum Gasteiger partial charge on any atom is 0.311 e. The molecular weight excluding hydrogens is 244 g/mol. The monoisotopic (exact) mass is 266 g/mol. The van der Waals surface area contributed by atoms with Crippen LogP contribution in [0.3, 0.4) is 0 Å². The molecule has 1 atom stereocenters. The zero-order valence-electron chi connectivity index (χ0n) is 11.7. The first-order chi connectivity index (χ1) is 9.09. The highest BCUT2D eigenvalue weighted by molar-refractivity contribution is 5.74. The van der Waals surface area contributed by atoms with Crippen molar-refractivity contribution >= 4 is 5.97 Å². The number of nitrogens with zero attached hydrogens (tertiary/aromatic N) is 4. The predicted octanol–water partition coefficient (Wildman–Crippen LogP) is 2.22. The molecule has 1 heterocycles. The maximum atomic E-state index is 11.6. The predicted molar refractivity (Wildman–Crippen MR) is 69.7 cm³/mol. The van der Waals surface area contributed by atoms with Crippen LogP contribution in [0, 0.1) is 5.41 Å². The fourth-order valence-electron chi connectivity index (χ4n) is 3.02. The molecule has 1 aliphatic rings. The van der Waals surface area contributed by atoms with E-state index in [4.69, 9.17) is 0 Å². The van der Waals surface area contributed by atoms with Crippen LogP contribution in [0.15, 0.2) is 0 Å². The van der Waals surface area contributed by atoms with Crippen LogP contribution in [-0.4, -0.2) is 31.3 Å². The van der Waals surface area contributed by atoms with Gasteiger partial charge < -0.3 is 5.11 Å². The van der Waals surface area contributed by atoms with Crippen LogP contribution in [0.4, 0.5) is 0 Å². The second-order valence-corrected chi connectivity index (χ2v) is 5.68. The fourth-order valence-corrected chi connectivity index (χ4v) is 3.02. The van der Waals surface area contributed by atoms with Crippen LogP contribution >= 0.6 is 0 Å². The minimum absolute atomic E-state index is 0.271. The molecule has 0 aliphatic heterocycles. The SMILES string of the molecule is CCCC(C)c1nnnn1CC1(C(=O)O)CCCC1. The van der Waals surface area contributed by atoms with E-state index in [1.807, 2.05) is 0 Å². The van der Waals surface area contributed by atoms with Gasteiger partial charge >= 0.3 is 5.97 Å². The summed E-state index contributed by atoms with van der Waals surface area (Å²) in [6.45, 7) is 4.62. The fraction of sp³-hybridized carbons (Fsp3) is 0.846. The molecule has 1 saturated carbocycles. The van der Waals surface area contributed by atoms with Gasteiger partial charge in [-0.2, -0.15) is 0 Å². The van der Waals surface area contributed by atoms with Crippen molar-refractivity contribution in [1.82, 2.24) is 20.2 Å². The molecule has 1 aliphatic carbocycles. The van der Waals surface area contributed by atoms with E-state index >= 15 is 0 Å². The van der Waals surface area contributed by atoms with Crippen molar-refractivity contribution < 1.29 is 9.90 Å². The van der Waals surface area contributed by atoms with Gasteiger partial charge in [0, 0.05) is 5.92 Å². The summed E-state index contributed by atoms with van der Waals surface area (Å²) in [6.07, 6.45) is 5.49. The Morgan fingerprint density at radius 3 is 2.74 bits per heavy atom. The molecule has 6 heteroatoms. The minimum Gasteiger partial charge on any atom is -0.481 e. The van der Waals surface area contributed by atoms with Gasteiger partial charge in [0.25, 0.3) is 0 Å². The molecule has 1 unspecified atom stereocenters. The number of aromatic nitrogens is 4. The average Bonchev–Trinajstić information content (AvgIpc) is 2.99. The first-order valence-corrected chi connectivity index (χ1v) is 7.08. The molecule has 1 aromatic rings. The minimum atomic E-state index is -0.713. The molecule has 0 spiro atoms. The summed E-state index contributed by atoms with van der Waals surface area (Å²) in [7, 11) is 0. The van der Waals surface area contributed by atoms with Crippen molar-refractivity contribution in [2.45, 2.75) is 64.8 Å². The molecule has 106 valence electrons. The normalized spacial score (nSPS) is 19.5. The summed E-state index contributed by atoms with van der Waals surface area (Å²) in [5.74, 6) is 0.371. The highest BCUT2D eigenvalue weighted by Crippen LogP contribution is 2.40. The second kappa shape index (κ2) is 5.67. The van der Waals surface area contributed by atoms with Crippen molar-refractivity contribution in [2.24, 2.45) is 5.41 Å². The number of carboxylic acid groups (broad SMARTS) is 1. The molecule has 1 aromatic heterocycles. The Kier molecular flexibility index (Phi) is 4.17. The Morgan fingerprint density at radius 1 is 1.47 bits per heavy atom. The number of aliphatic carboxylic acids is 1. The van der Waals surface area contributed by atoms with Gasteiger partial charge in [0.15, 0.2) is 5.82 Å². The van der Waals surface area contributed by atoms with E-state index in [0.717, 1.165) is 44.3 Å². The van der Waals surface area contributed by atoms with Crippen molar-refractivity contribution in [3.05, 3.63) is 5.82 Å². The lowest BCUT2D eigenvalue weighted by atomic mass is 9.86. The molecule has 19 heavy (non-hydrogen) atoms. The van der Waals surface area contributed by atoms with Gasteiger partial charge in [0.05, 0.1) is 12.0 Å². The molecule has 0 aromatic carbocycles. The molecule has 6 nitrogen and oxygen atoms in total. The van der Waals surface area contributed by atoms with Gasteiger partial charge in [-0.25, -0.2) is 4.68 Å². The number of tetrazole rings is 1. The van der Waals surface area contributed by atoms with Crippen LogP contribution in [0.5, 0.6) is 0 Å². The van der Waals surface area contributed by atoms with Crippen LogP contribution in [0.1, 0.15) is 64.1 Å². The Hall–Kier alpha value is -1.46. The molecule has 0 bridgehead atoms. The third-order valence-corrected chi connectivity index (χ3v) is 4.19. The highest BCUT2D eigenvalue weighted by Gasteiger charge is 2.42. The van der Waals surface area contributed by atoms with Gasteiger partial charge in [0.1, 0.15) is 0 Å². The topological polar surface area (TPSA) is 80.9 Å². The van der Waals surface area contributed by atoms with Crippen molar-refractivity contribution in [3.8, 4) is 0 Å². The highest BCUT2D eigenvalue weighted by atomic mass is 16.4. The molecule has 0 saturated heterocycles. The number of carbonyl (C=O) groups is 1. The average molecular weight is 266 g/mol. The quantitative estimate of drug-likeness (QED) is 0.853. The largest absolute Gasteiger partial charge is 0.481 e. The Bertz CT molecular complexity index is 438. The van der Waals surface area contributed by atoms with E-state index < -0.39 is 11.4 Å². The van der Waals surface area contributed by atoms with Crippen molar-refractivity contribution in [2.75, 3.05) is 0 Å². The molecule has 1 N–H and O–H groups in total. The molecular formula is C13H22N4O2. The van der Waals surface area contributed by atoms with Crippen molar-refractivity contribution in [3.63, 3.8) is 0 Å². The summed E-state index contributed by atoms with van der Waals surface area (Å²) < 4.78 is 1.71. The zero-order chi connectivity index (χ0) is 13.9. The Balaban J connectivity index is 2.18. The van der Waals surface area contributed by atoms with Gasteiger partial charge in [-0.1, -0.05) is 33.1 Å². The van der Waals surface area contributed by atoms with Crippen molar-refractivity contribution in [1.29, 1.82) is 0 Å². The summed E-state index contributed by atoms with van der Waals surface area (Å²) in [5, 5.41) is 21.3. The van der Waals surface area contributed by atoms with Gasteiger partial charge in [-0.3, -0.25) is 4.79 Å². The van der Waals surface area contributed by atoms with E-state index in [0.29, 0.717) is 6.54 Å². The molecule has 2 rings (SSSR count). The number of carboxylic acids is 1. The van der Waals surface area contributed by atoms with E-state index in [1.165, 1.54) is 0 Å². The molecule has 0 radical (unpaired) electrons. The lowest BCUT2D eigenvalue weighted by Crippen LogP contribution is -2.34. The van der Waals surface area contributed by atoms with Gasteiger partial charge in [-0.15, -0.1) is 5.10 Å². The second-order valence-electron chi connectivity index (χ2n) is 5.68. The summed E-state index contributed by atoms with van der Waals surface area (Å²) in [5.41, 5.74) is -0.671. The van der Waals surface area contributed by atoms with Crippen LogP contribution in [0.25, 0.3) is 0 Å². The third-order valence-electron chi connectivity index (χ3n) is 4.19. The van der Waals surface area contributed by atoms with E-state index in [2.05, 4.69) is 29.4 Å². The lowest BCUT2D eigenvalue weighted by molar-refractivity contribution is -0.149. The van der Waals surface area contributed by atoms with Crippen LogP contribution in [0.2, 0.25) is 0 Å². The summed E-state index contributed by atoms with van der Waals surface area (Å²) >= 11 is 0. The van der Waals surface area contributed by atoms with Gasteiger partial charge in [-0.05, 0) is 29.7 Å². The number of rotatable bonds is 6. The summed E-state index contributed by atoms with van der Waals surface area (Å²) in [4.78, 5) is 11.6.